The smallest absolute Gasteiger partial charge is 0.125 e. The van der Waals surface area contributed by atoms with Crippen LogP contribution in [0.1, 0.15) is 38.7 Å². The van der Waals surface area contributed by atoms with Crippen LogP contribution in [0, 0.1) is 11.7 Å². The second kappa shape index (κ2) is 6.90. The molecule has 106 valence electrons. The van der Waals surface area contributed by atoms with Crippen LogP contribution >= 0.6 is 0 Å². The second-order valence-electron chi connectivity index (χ2n) is 5.62. The third-order valence-corrected chi connectivity index (χ3v) is 3.90. The highest BCUT2D eigenvalue weighted by atomic mass is 19.1. The zero-order chi connectivity index (χ0) is 13.7. The highest BCUT2D eigenvalue weighted by Crippen LogP contribution is 2.24. The summed E-state index contributed by atoms with van der Waals surface area (Å²) in [6, 6.07) is 5.43. The fourth-order valence-electron chi connectivity index (χ4n) is 2.71. The summed E-state index contributed by atoms with van der Waals surface area (Å²) in [5, 5.41) is 3.26. The van der Waals surface area contributed by atoms with Crippen molar-refractivity contribution < 1.29 is 4.39 Å². The van der Waals surface area contributed by atoms with Crippen molar-refractivity contribution in [2.45, 2.75) is 39.7 Å². The summed E-state index contributed by atoms with van der Waals surface area (Å²) in [5.41, 5.74) is 2.08. The predicted molar refractivity (Wildman–Crippen MR) is 79.0 cm³/mol. The van der Waals surface area contributed by atoms with Gasteiger partial charge >= 0.3 is 0 Å². The van der Waals surface area contributed by atoms with Crippen LogP contribution in [0.4, 0.5) is 10.1 Å². The molecule has 1 N–H and O–H groups in total. The third kappa shape index (κ3) is 4.20. The molecule has 1 aliphatic heterocycles. The molecule has 1 aromatic carbocycles. The molecule has 1 unspecified atom stereocenters. The number of nitrogens with zero attached hydrogens (tertiary/aromatic N) is 1. The van der Waals surface area contributed by atoms with Crippen molar-refractivity contribution in [2.24, 2.45) is 5.92 Å². The summed E-state index contributed by atoms with van der Waals surface area (Å²) in [6.45, 7) is 8.13. The van der Waals surface area contributed by atoms with Gasteiger partial charge in [-0.05, 0) is 55.5 Å². The lowest BCUT2D eigenvalue weighted by Crippen LogP contribution is -2.24. The van der Waals surface area contributed by atoms with Crippen LogP contribution in [-0.4, -0.2) is 19.6 Å². The van der Waals surface area contributed by atoms with Gasteiger partial charge in [0.25, 0.3) is 0 Å². The Balaban J connectivity index is 2.11. The number of anilines is 1. The summed E-state index contributed by atoms with van der Waals surface area (Å²) < 4.78 is 13.7. The molecule has 1 fully saturated rings. The maximum absolute atomic E-state index is 13.7. The third-order valence-electron chi connectivity index (χ3n) is 3.90. The van der Waals surface area contributed by atoms with E-state index in [4.69, 9.17) is 0 Å². The van der Waals surface area contributed by atoms with E-state index in [1.807, 2.05) is 0 Å². The first kappa shape index (κ1) is 14.3. The van der Waals surface area contributed by atoms with E-state index in [0.29, 0.717) is 0 Å². The number of hydrogen-bond donors (Lipinski definition) is 1. The average Bonchev–Trinajstić information content (AvgIpc) is 2.60. The fourth-order valence-corrected chi connectivity index (χ4v) is 2.71. The maximum atomic E-state index is 13.7. The van der Waals surface area contributed by atoms with E-state index >= 15 is 0 Å². The number of nitrogens with one attached hydrogen (secondary N) is 1. The van der Waals surface area contributed by atoms with Crippen molar-refractivity contribution in [1.29, 1.82) is 0 Å². The summed E-state index contributed by atoms with van der Waals surface area (Å²) in [5.74, 6) is 0.669. The van der Waals surface area contributed by atoms with Gasteiger partial charge in [-0.15, -0.1) is 0 Å². The Morgan fingerprint density at radius 2 is 2.11 bits per heavy atom. The Kier molecular flexibility index (Phi) is 5.20. The fraction of sp³-hybridized carbons (Fsp3) is 0.625. The summed E-state index contributed by atoms with van der Waals surface area (Å²) in [4.78, 5) is 2.34. The monoisotopic (exact) mass is 264 g/mol. The Bertz CT molecular complexity index is 406. The Morgan fingerprint density at radius 1 is 1.26 bits per heavy atom. The second-order valence-corrected chi connectivity index (χ2v) is 5.62. The van der Waals surface area contributed by atoms with Gasteiger partial charge in [0, 0.05) is 25.3 Å². The summed E-state index contributed by atoms with van der Waals surface area (Å²) in [7, 11) is 0. The molecule has 2 nitrogen and oxygen atoms in total. The first-order valence-corrected chi connectivity index (χ1v) is 7.44. The molecule has 1 saturated heterocycles. The zero-order valence-corrected chi connectivity index (χ0v) is 12.1. The van der Waals surface area contributed by atoms with E-state index < -0.39 is 0 Å². The molecular weight excluding hydrogens is 239 g/mol. The van der Waals surface area contributed by atoms with E-state index in [-0.39, 0.29) is 5.82 Å². The largest absolute Gasteiger partial charge is 0.371 e. The molecule has 0 radical (unpaired) electrons. The molecule has 0 aliphatic carbocycles. The van der Waals surface area contributed by atoms with Gasteiger partial charge in [0.15, 0.2) is 0 Å². The van der Waals surface area contributed by atoms with Crippen LogP contribution in [0.15, 0.2) is 18.2 Å². The molecule has 0 spiro atoms. The van der Waals surface area contributed by atoms with Gasteiger partial charge < -0.3 is 10.2 Å². The first-order chi connectivity index (χ1) is 9.19. The van der Waals surface area contributed by atoms with Crippen molar-refractivity contribution >= 4 is 5.69 Å². The summed E-state index contributed by atoms with van der Waals surface area (Å²) in [6.07, 6.45) is 3.70. The molecule has 3 heteroatoms. The van der Waals surface area contributed by atoms with Gasteiger partial charge in [-0.25, -0.2) is 4.39 Å². The SMILES string of the molecule is CCNCc1cc(F)cc(N2CCCC(C)CC2)c1. The average molecular weight is 264 g/mol. The predicted octanol–water partition coefficient (Wildman–Crippen LogP) is 3.56. The molecule has 0 aromatic heterocycles. The topological polar surface area (TPSA) is 15.3 Å². The van der Waals surface area contributed by atoms with Crippen LogP contribution < -0.4 is 10.2 Å². The molecule has 0 bridgehead atoms. The van der Waals surface area contributed by atoms with Crippen molar-refractivity contribution in [1.82, 2.24) is 5.32 Å². The van der Waals surface area contributed by atoms with E-state index in [1.54, 1.807) is 12.1 Å². The quantitative estimate of drug-likeness (QED) is 0.894. The van der Waals surface area contributed by atoms with Gasteiger partial charge in [-0.2, -0.15) is 0 Å². The van der Waals surface area contributed by atoms with Gasteiger partial charge in [0.05, 0.1) is 0 Å². The highest BCUT2D eigenvalue weighted by Gasteiger charge is 2.15. The van der Waals surface area contributed by atoms with Crippen molar-refractivity contribution in [3.63, 3.8) is 0 Å². The molecule has 1 atom stereocenters. The molecule has 1 aliphatic rings. The number of hydrogen-bond acceptors (Lipinski definition) is 2. The highest BCUT2D eigenvalue weighted by molar-refractivity contribution is 5.49. The molecule has 1 heterocycles. The molecular formula is C16H25FN2. The zero-order valence-electron chi connectivity index (χ0n) is 12.1. The van der Waals surface area contributed by atoms with E-state index in [0.717, 1.165) is 43.3 Å². The lowest BCUT2D eigenvalue weighted by molar-refractivity contribution is 0.521. The lowest BCUT2D eigenvalue weighted by atomic mass is 10.0. The minimum Gasteiger partial charge on any atom is -0.371 e. The minimum atomic E-state index is -0.123. The molecule has 0 saturated carbocycles. The minimum absolute atomic E-state index is 0.123. The van der Waals surface area contributed by atoms with Crippen molar-refractivity contribution in [3.05, 3.63) is 29.6 Å². The Morgan fingerprint density at radius 3 is 2.89 bits per heavy atom. The van der Waals surface area contributed by atoms with Gasteiger partial charge in [-0.1, -0.05) is 13.8 Å². The van der Waals surface area contributed by atoms with Gasteiger partial charge in [-0.3, -0.25) is 0 Å². The van der Waals surface area contributed by atoms with Crippen LogP contribution in [0.25, 0.3) is 0 Å². The normalized spacial score (nSPS) is 20.4. The van der Waals surface area contributed by atoms with E-state index in [9.17, 15) is 4.39 Å². The molecule has 2 rings (SSSR count). The Labute approximate surface area is 116 Å². The maximum Gasteiger partial charge on any atom is 0.125 e. The van der Waals surface area contributed by atoms with E-state index in [1.165, 1.54) is 19.3 Å². The van der Waals surface area contributed by atoms with Crippen LogP contribution in [0.2, 0.25) is 0 Å². The first-order valence-electron chi connectivity index (χ1n) is 7.44. The van der Waals surface area contributed by atoms with Crippen LogP contribution in [-0.2, 0) is 6.54 Å². The van der Waals surface area contributed by atoms with E-state index in [2.05, 4.69) is 30.1 Å². The van der Waals surface area contributed by atoms with Crippen molar-refractivity contribution in [2.75, 3.05) is 24.5 Å². The summed E-state index contributed by atoms with van der Waals surface area (Å²) >= 11 is 0. The standard InChI is InChI=1S/C16H25FN2/c1-3-18-12-14-9-15(17)11-16(10-14)19-7-4-5-13(2)6-8-19/h9-11,13,18H,3-8,12H2,1-2H3. The molecule has 1 aromatic rings. The lowest BCUT2D eigenvalue weighted by Gasteiger charge is -2.23. The van der Waals surface area contributed by atoms with Gasteiger partial charge in [0.1, 0.15) is 5.82 Å². The number of rotatable bonds is 4. The number of halogens is 1. The van der Waals surface area contributed by atoms with Crippen molar-refractivity contribution in [3.8, 4) is 0 Å². The van der Waals surface area contributed by atoms with Gasteiger partial charge in [0.2, 0.25) is 0 Å². The Hall–Kier alpha value is -1.09. The number of benzene rings is 1. The van der Waals surface area contributed by atoms with Crippen LogP contribution in [0.5, 0.6) is 0 Å². The molecule has 19 heavy (non-hydrogen) atoms. The van der Waals surface area contributed by atoms with Crippen LogP contribution in [0.3, 0.4) is 0 Å². The molecule has 0 amide bonds.